The number of H-pyrrole nitrogens is 1. The first-order valence-electron chi connectivity index (χ1n) is 5.49. The van der Waals surface area contributed by atoms with Crippen molar-refractivity contribution >= 4 is 5.65 Å². The standard InChI is InChI=1S/C11H11N5O2/c17-4-2-8-5-12-16(7-8)9-6-13-15-3-1-10(18)14-11(9)15/h1,3,5-7,17H,2,4H2,(H,14,18). The van der Waals surface area contributed by atoms with Gasteiger partial charge < -0.3 is 10.1 Å². The molecule has 3 aromatic rings. The summed E-state index contributed by atoms with van der Waals surface area (Å²) in [5, 5.41) is 17.2. The average Bonchev–Trinajstić information content (AvgIpc) is 2.95. The Bertz CT molecular complexity index is 739. The molecule has 0 spiro atoms. The van der Waals surface area contributed by atoms with Crippen LogP contribution >= 0.6 is 0 Å². The van der Waals surface area contributed by atoms with E-state index in [1.807, 2.05) is 0 Å². The Balaban J connectivity index is 2.12. The molecule has 3 heterocycles. The first-order valence-corrected chi connectivity index (χ1v) is 5.49. The second-order valence-corrected chi connectivity index (χ2v) is 3.89. The van der Waals surface area contributed by atoms with Crippen molar-refractivity contribution in [3.8, 4) is 5.69 Å². The van der Waals surface area contributed by atoms with Gasteiger partial charge in [0.05, 0.1) is 12.4 Å². The number of hydrogen-bond acceptors (Lipinski definition) is 4. The lowest BCUT2D eigenvalue weighted by Crippen LogP contribution is -2.07. The number of aromatic amines is 1. The highest BCUT2D eigenvalue weighted by molar-refractivity contribution is 5.56. The van der Waals surface area contributed by atoms with Crippen molar-refractivity contribution in [2.24, 2.45) is 0 Å². The second kappa shape index (κ2) is 4.11. The maximum Gasteiger partial charge on any atom is 0.251 e. The number of rotatable bonds is 3. The minimum absolute atomic E-state index is 0.0806. The molecule has 0 bridgehead atoms. The monoisotopic (exact) mass is 245 g/mol. The van der Waals surface area contributed by atoms with Crippen LogP contribution < -0.4 is 5.56 Å². The van der Waals surface area contributed by atoms with Gasteiger partial charge in [0.1, 0.15) is 5.69 Å². The van der Waals surface area contributed by atoms with E-state index in [-0.39, 0.29) is 12.2 Å². The molecule has 92 valence electrons. The molecule has 7 heteroatoms. The van der Waals surface area contributed by atoms with E-state index in [0.717, 1.165) is 5.56 Å². The molecule has 0 aliphatic carbocycles. The van der Waals surface area contributed by atoms with Gasteiger partial charge >= 0.3 is 0 Å². The summed E-state index contributed by atoms with van der Waals surface area (Å²) in [6.45, 7) is 0.0806. The molecule has 7 nitrogen and oxygen atoms in total. The van der Waals surface area contributed by atoms with Crippen molar-refractivity contribution < 1.29 is 5.11 Å². The van der Waals surface area contributed by atoms with Crippen LogP contribution in [0.15, 0.2) is 35.6 Å². The van der Waals surface area contributed by atoms with Gasteiger partial charge in [-0.25, -0.2) is 9.20 Å². The summed E-state index contributed by atoms with van der Waals surface area (Å²) < 4.78 is 3.20. The Morgan fingerprint density at radius 2 is 2.22 bits per heavy atom. The molecule has 0 fully saturated rings. The van der Waals surface area contributed by atoms with Gasteiger partial charge in [0, 0.05) is 25.1 Å². The maximum absolute atomic E-state index is 11.3. The fourth-order valence-corrected chi connectivity index (χ4v) is 1.80. The minimum Gasteiger partial charge on any atom is -0.396 e. The largest absolute Gasteiger partial charge is 0.396 e. The van der Waals surface area contributed by atoms with Crippen LogP contribution in [0.4, 0.5) is 0 Å². The fourth-order valence-electron chi connectivity index (χ4n) is 1.80. The summed E-state index contributed by atoms with van der Waals surface area (Å²) >= 11 is 0. The van der Waals surface area contributed by atoms with Crippen LogP contribution in [0.5, 0.6) is 0 Å². The van der Waals surface area contributed by atoms with E-state index in [1.165, 1.54) is 6.07 Å². The summed E-state index contributed by atoms with van der Waals surface area (Å²) in [5.41, 5.74) is 2.01. The average molecular weight is 245 g/mol. The van der Waals surface area contributed by atoms with Gasteiger partial charge in [0.25, 0.3) is 5.56 Å². The zero-order chi connectivity index (χ0) is 12.5. The maximum atomic E-state index is 11.3. The predicted molar refractivity (Wildman–Crippen MR) is 63.7 cm³/mol. The lowest BCUT2D eigenvalue weighted by atomic mass is 10.3. The smallest absolute Gasteiger partial charge is 0.251 e. The molecular formula is C11H11N5O2. The van der Waals surface area contributed by atoms with Gasteiger partial charge in [-0.2, -0.15) is 10.2 Å². The molecule has 3 rings (SSSR count). The lowest BCUT2D eigenvalue weighted by molar-refractivity contribution is 0.299. The molecule has 0 aliphatic rings. The van der Waals surface area contributed by atoms with Crippen LogP contribution in [0.1, 0.15) is 5.56 Å². The van der Waals surface area contributed by atoms with Crippen LogP contribution in [0.2, 0.25) is 0 Å². The third-order valence-electron chi connectivity index (χ3n) is 2.67. The summed E-state index contributed by atoms with van der Waals surface area (Å²) in [5.74, 6) is 0. The minimum atomic E-state index is -0.188. The summed E-state index contributed by atoms with van der Waals surface area (Å²) in [6, 6.07) is 1.41. The Kier molecular flexibility index (Phi) is 2.45. The predicted octanol–water partition coefficient (Wildman–Crippen LogP) is -0.257. The van der Waals surface area contributed by atoms with Crippen molar-refractivity contribution in [1.29, 1.82) is 0 Å². The molecule has 2 N–H and O–H groups in total. The zero-order valence-corrected chi connectivity index (χ0v) is 9.45. The highest BCUT2D eigenvalue weighted by Crippen LogP contribution is 2.12. The van der Waals surface area contributed by atoms with Crippen molar-refractivity contribution in [2.45, 2.75) is 6.42 Å². The number of fused-ring (bicyclic) bond motifs is 1. The molecular weight excluding hydrogens is 234 g/mol. The molecule has 3 aromatic heterocycles. The fraction of sp³-hybridized carbons (Fsp3) is 0.182. The molecule has 0 saturated carbocycles. The Morgan fingerprint density at radius 3 is 3.06 bits per heavy atom. The number of nitrogens with one attached hydrogen (secondary N) is 1. The summed E-state index contributed by atoms with van der Waals surface area (Å²) in [7, 11) is 0. The molecule has 0 unspecified atom stereocenters. The van der Waals surface area contributed by atoms with E-state index in [9.17, 15) is 4.79 Å². The molecule has 0 atom stereocenters. The third kappa shape index (κ3) is 1.70. The van der Waals surface area contributed by atoms with Gasteiger partial charge in [-0.05, 0) is 12.0 Å². The third-order valence-corrected chi connectivity index (χ3v) is 2.67. The highest BCUT2D eigenvalue weighted by atomic mass is 16.3. The van der Waals surface area contributed by atoms with E-state index in [2.05, 4.69) is 15.2 Å². The van der Waals surface area contributed by atoms with Crippen LogP contribution in [0, 0.1) is 0 Å². The first kappa shape index (κ1) is 10.7. The first-order chi connectivity index (χ1) is 8.78. The normalized spacial score (nSPS) is 11.2. The van der Waals surface area contributed by atoms with E-state index < -0.39 is 0 Å². The number of hydrogen-bond donors (Lipinski definition) is 2. The van der Waals surface area contributed by atoms with Gasteiger partial charge in [0.2, 0.25) is 0 Å². The second-order valence-electron chi connectivity index (χ2n) is 3.89. The van der Waals surface area contributed by atoms with Gasteiger partial charge in [-0.3, -0.25) is 4.79 Å². The van der Waals surface area contributed by atoms with Gasteiger partial charge in [-0.15, -0.1) is 0 Å². The van der Waals surface area contributed by atoms with E-state index in [0.29, 0.717) is 17.8 Å². The van der Waals surface area contributed by atoms with Crippen LogP contribution in [-0.2, 0) is 6.42 Å². The number of nitrogens with zero attached hydrogens (tertiary/aromatic N) is 4. The Labute approximate surface area is 101 Å². The van der Waals surface area contributed by atoms with Crippen LogP contribution in [0.3, 0.4) is 0 Å². The van der Waals surface area contributed by atoms with E-state index in [4.69, 9.17) is 5.11 Å². The van der Waals surface area contributed by atoms with Gasteiger partial charge in [-0.1, -0.05) is 0 Å². The van der Waals surface area contributed by atoms with Crippen molar-refractivity contribution in [1.82, 2.24) is 24.4 Å². The summed E-state index contributed by atoms with van der Waals surface area (Å²) in [4.78, 5) is 14.0. The van der Waals surface area contributed by atoms with E-state index in [1.54, 1.807) is 34.0 Å². The summed E-state index contributed by atoms with van der Waals surface area (Å²) in [6.07, 6.45) is 7.26. The molecule has 0 aliphatic heterocycles. The number of aliphatic hydroxyl groups excluding tert-OH is 1. The van der Waals surface area contributed by atoms with Crippen molar-refractivity contribution in [2.75, 3.05) is 6.61 Å². The molecule has 18 heavy (non-hydrogen) atoms. The lowest BCUT2D eigenvalue weighted by Gasteiger charge is -1.97. The topological polar surface area (TPSA) is 88.2 Å². The molecule has 0 aromatic carbocycles. The highest BCUT2D eigenvalue weighted by Gasteiger charge is 2.08. The number of aromatic nitrogens is 5. The van der Waals surface area contributed by atoms with Crippen molar-refractivity contribution in [3.05, 3.63) is 46.8 Å². The van der Waals surface area contributed by atoms with Crippen LogP contribution in [0.25, 0.3) is 11.3 Å². The van der Waals surface area contributed by atoms with Gasteiger partial charge in [0.15, 0.2) is 5.65 Å². The SMILES string of the molecule is O=c1ccn2ncc(-n3cc(CCO)cn3)c2[nH]1. The zero-order valence-electron chi connectivity index (χ0n) is 9.45. The molecule has 0 radical (unpaired) electrons. The Morgan fingerprint density at radius 1 is 1.33 bits per heavy atom. The molecule has 0 saturated heterocycles. The quantitative estimate of drug-likeness (QED) is 0.665. The van der Waals surface area contributed by atoms with Crippen LogP contribution in [-0.4, -0.2) is 36.1 Å². The Hall–Kier alpha value is -2.41. The number of aliphatic hydroxyl groups is 1. The van der Waals surface area contributed by atoms with E-state index >= 15 is 0 Å². The molecule has 0 amide bonds. The van der Waals surface area contributed by atoms with Crippen molar-refractivity contribution in [3.63, 3.8) is 0 Å².